The Balaban J connectivity index is 1.01. The fourth-order valence-electron chi connectivity index (χ4n) is 7.44. The number of amides is 1. The van der Waals surface area contributed by atoms with Gasteiger partial charge in [0.1, 0.15) is 18.0 Å². The highest BCUT2D eigenvalue weighted by Gasteiger charge is 2.56. The first-order valence-corrected chi connectivity index (χ1v) is 15.5. The summed E-state index contributed by atoms with van der Waals surface area (Å²) in [5, 5.41) is 17.8. The molecule has 2 atom stereocenters. The highest BCUT2D eigenvalue weighted by atomic mass is 16.3. The summed E-state index contributed by atoms with van der Waals surface area (Å²) in [5.41, 5.74) is 2.58. The first-order chi connectivity index (χ1) is 20.3. The highest BCUT2D eigenvalue weighted by Crippen LogP contribution is 2.55. The van der Waals surface area contributed by atoms with Crippen molar-refractivity contribution < 1.29 is 9.90 Å². The number of aliphatic hydroxyl groups is 1. The predicted octanol–water partition coefficient (Wildman–Crippen LogP) is 4.86. The SMILES string of the molecule is CC(C)[C@@H]1N(Cc2ccc(C(=O)NC[C@]3(O)CCCN(c4cc(NCc5ccccc5)ncn4)C3)cc2)CC12CCC2. The Labute approximate surface area is 249 Å². The van der Waals surface area contributed by atoms with Crippen LogP contribution < -0.4 is 15.5 Å². The van der Waals surface area contributed by atoms with Crippen LogP contribution in [0.25, 0.3) is 0 Å². The molecule has 222 valence electrons. The van der Waals surface area contributed by atoms with Gasteiger partial charge in [0.2, 0.25) is 0 Å². The molecule has 1 aromatic heterocycles. The molecule has 1 amide bonds. The van der Waals surface area contributed by atoms with Crippen molar-refractivity contribution in [1.29, 1.82) is 0 Å². The molecule has 42 heavy (non-hydrogen) atoms. The van der Waals surface area contributed by atoms with Crippen molar-refractivity contribution >= 4 is 17.5 Å². The van der Waals surface area contributed by atoms with E-state index in [1.165, 1.54) is 36.9 Å². The molecule has 2 aliphatic heterocycles. The number of carbonyl (C=O) groups is 1. The van der Waals surface area contributed by atoms with E-state index in [9.17, 15) is 9.90 Å². The van der Waals surface area contributed by atoms with Crippen molar-refractivity contribution in [3.05, 3.63) is 83.7 Å². The highest BCUT2D eigenvalue weighted by molar-refractivity contribution is 5.94. The molecule has 1 spiro atoms. The number of carbonyl (C=O) groups excluding carboxylic acids is 1. The average Bonchev–Trinajstić information content (AvgIpc) is 2.96. The Morgan fingerprint density at radius 3 is 2.50 bits per heavy atom. The maximum Gasteiger partial charge on any atom is 0.251 e. The number of nitrogens with one attached hydrogen (secondary N) is 2. The van der Waals surface area contributed by atoms with Crippen LogP contribution in [0.2, 0.25) is 0 Å². The van der Waals surface area contributed by atoms with E-state index in [1.54, 1.807) is 6.33 Å². The lowest BCUT2D eigenvalue weighted by Gasteiger charge is -2.64. The van der Waals surface area contributed by atoms with E-state index in [1.807, 2.05) is 36.4 Å². The summed E-state index contributed by atoms with van der Waals surface area (Å²) in [6.07, 6.45) is 7.12. The Bertz CT molecular complexity index is 1360. The van der Waals surface area contributed by atoms with Crippen LogP contribution in [-0.2, 0) is 13.1 Å². The van der Waals surface area contributed by atoms with Gasteiger partial charge >= 0.3 is 0 Å². The molecule has 6 rings (SSSR count). The molecule has 3 N–H and O–H groups in total. The van der Waals surface area contributed by atoms with E-state index >= 15 is 0 Å². The van der Waals surface area contributed by atoms with Gasteiger partial charge in [-0.05, 0) is 60.3 Å². The number of likely N-dealkylation sites (tertiary alicyclic amines) is 1. The van der Waals surface area contributed by atoms with Crippen molar-refractivity contribution in [2.24, 2.45) is 11.3 Å². The summed E-state index contributed by atoms with van der Waals surface area (Å²) in [7, 11) is 0. The second kappa shape index (κ2) is 12.0. The largest absolute Gasteiger partial charge is 0.386 e. The van der Waals surface area contributed by atoms with Crippen molar-refractivity contribution in [2.45, 2.75) is 70.7 Å². The van der Waals surface area contributed by atoms with Gasteiger partial charge in [-0.15, -0.1) is 0 Å². The van der Waals surface area contributed by atoms with Gasteiger partial charge in [-0.3, -0.25) is 9.69 Å². The van der Waals surface area contributed by atoms with Gasteiger partial charge in [-0.2, -0.15) is 0 Å². The number of aromatic nitrogens is 2. The van der Waals surface area contributed by atoms with E-state index in [2.05, 4.69) is 68.5 Å². The number of hydrogen-bond acceptors (Lipinski definition) is 7. The van der Waals surface area contributed by atoms with E-state index < -0.39 is 5.60 Å². The molecular weight excluding hydrogens is 524 g/mol. The first-order valence-electron chi connectivity index (χ1n) is 15.5. The number of nitrogens with zero attached hydrogens (tertiary/aromatic N) is 4. The molecular formula is C34H44N6O2. The second-order valence-corrected chi connectivity index (χ2v) is 13.0. The molecule has 3 aromatic rings. The summed E-state index contributed by atoms with van der Waals surface area (Å²) in [6, 6.07) is 20.8. The van der Waals surface area contributed by atoms with E-state index in [0.29, 0.717) is 42.4 Å². The standard InChI is InChI=1S/C34H44N6O2/c1-25(2)31-33(14-6-15-33)22-40(31)20-27-10-12-28(13-11-27)32(41)36-21-34(42)16-7-17-39(23-34)30-18-29(37-24-38-30)35-19-26-8-4-3-5-9-26/h3-5,8-13,18,24-25,31,42H,6-7,14-17,19-23H2,1-2H3,(H,36,41)(H,35,37,38)/t31-,34+/m0/s1. The van der Waals surface area contributed by atoms with Crippen LogP contribution in [0.15, 0.2) is 67.0 Å². The maximum atomic E-state index is 13.0. The number of rotatable bonds is 10. The lowest BCUT2D eigenvalue weighted by atomic mass is 9.55. The van der Waals surface area contributed by atoms with Gasteiger partial charge in [0.25, 0.3) is 5.91 Å². The topological polar surface area (TPSA) is 93.6 Å². The number of β-amino-alcohol motifs (C(OH)–C–C–N with tert-alkyl or cyclic N) is 1. The Hall–Kier alpha value is -3.49. The third-order valence-electron chi connectivity index (χ3n) is 9.55. The van der Waals surface area contributed by atoms with Crippen LogP contribution in [0, 0.1) is 11.3 Å². The summed E-state index contributed by atoms with van der Waals surface area (Å²) in [6.45, 7) is 8.89. The Morgan fingerprint density at radius 1 is 1.00 bits per heavy atom. The molecule has 1 saturated carbocycles. The normalized spacial score (nSPS) is 23.3. The molecule has 1 aliphatic carbocycles. The number of anilines is 2. The summed E-state index contributed by atoms with van der Waals surface area (Å²) in [4.78, 5) is 26.5. The first kappa shape index (κ1) is 28.6. The monoisotopic (exact) mass is 568 g/mol. The van der Waals surface area contributed by atoms with Crippen LogP contribution in [0.4, 0.5) is 11.6 Å². The summed E-state index contributed by atoms with van der Waals surface area (Å²) in [5.74, 6) is 2.02. The van der Waals surface area contributed by atoms with Crippen molar-refractivity contribution in [1.82, 2.24) is 20.2 Å². The molecule has 0 bridgehead atoms. The van der Waals surface area contributed by atoms with Crippen LogP contribution in [0.5, 0.6) is 0 Å². The molecule has 0 unspecified atom stereocenters. The van der Waals surface area contributed by atoms with E-state index in [4.69, 9.17) is 0 Å². The minimum absolute atomic E-state index is 0.154. The summed E-state index contributed by atoms with van der Waals surface area (Å²) >= 11 is 0. The third kappa shape index (κ3) is 6.15. The van der Waals surface area contributed by atoms with Gasteiger partial charge < -0.3 is 20.6 Å². The van der Waals surface area contributed by atoms with Crippen LogP contribution in [0.1, 0.15) is 67.4 Å². The van der Waals surface area contributed by atoms with Gasteiger partial charge in [0, 0.05) is 56.9 Å². The number of piperidine rings is 1. The minimum atomic E-state index is -1.03. The molecule has 2 aromatic carbocycles. The van der Waals surface area contributed by atoms with Gasteiger partial charge in [0.05, 0.1) is 5.60 Å². The van der Waals surface area contributed by atoms with Gasteiger partial charge in [0.15, 0.2) is 0 Å². The van der Waals surface area contributed by atoms with Gasteiger partial charge in [-0.1, -0.05) is 62.7 Å². The molecule has 8 nitrogen and oxygen atoms in total. The van der Waals surface area contributed by atoms with Crippen LogP contribution in [0.3, 0.4) is 0 Å². The molecule has 2 saturated heterocycles. The molecule has 3 fully saturated rings. The zero-order chi connectivity index (χ0) is 29.2. The van der Waals surface area contributed by atoms with E-state index in [-0.39, 0.29) is 12.5 Å². The van der Waals surface area contributed by atoms with Crippen molar-refractivity contribution in [3.8, 4) is 0 Å². The lowest BCUT2D eigenvalue weighted by Crippen LogP contribution is -2.68. The minimum Gasteiger partial charge on any atom is -0.386 e. The fraction of sp³-hybridized carbons (Fsp3) is 0.500. The maximum absolute atomic E-state index is 13.0. The van der Waals surface area contributed by atoms with Crippen molar-refractivity contribution in [3.63, 3.8) is 0 Å². The zero-order valence-electron chi connectivity index (χ0n) is 24.9. The quantitative estimate of drug-likeness (QED) is 0.322. The summed E-state index contributed by atoms with van der Waals surface area (Å²) < 4.78 is 0. The Morgan fingerprint density at radius 2 is 1.79 bits per heavy atom. The van der Waals surface area contributed by atoms with Crippen molar-refractivity contribution in [2.75, 3.05) is 36.4 Å². The number of benzene rings is 2. The molecule has 3 aliphatic rings. The average molecular weight is 569 g/mol. The fourth-order valence-corrected chi connectivity index (χ4v) is 7.44. The zero-order valence-corrected chi connectivity index (χ0v) is 24.9. The van der Waals surface area contributed by atoms with Crippen LogP contribution in [-0.4, -0.2) is 63.7 Å². The molecule has 3 heterocycles. The van der Waals surface area contributed by atoms with Crippen LogP contribution >= 0.6 is 0 Å². The lowest BCUT2D eigenvalue weighted by molar-refractivity contribution is -0.149. The molecule has 0 radical (unpaired) electrons. The predicted molar refractivity (Wildman–Crippen MR) is 166 cm³/mol. The third-order valence-corrected chi connectivity index (χ3v) is 9.55. The Kier molecular flexibility index (Phi) is 8.19. The smallest absolute Gasteiger partial charge is 0.251 e. The second-order valence-electron chi connectivity index (χ2n) is 13.0. The number of hydrogen-bond donors (Lipinski definition) is 3. The molecule has 8 heteroatoms. The van der Waals surface area contributed by atoms with E-state index in [0.717, 1.165) is 31.1 Å². The van der Waals surface area contributed by atoms with Gasteiger partial charge in [-0.25, -0.2) is 9.97 Å².